The number of allylic oxidation sites excluding steroid dienone is 5. The molecular weight excluding hydrogens is 381 g/mol. The molecule has 1 saturated heterocycles. The molecular formula is C23H38BNO5. The van der Waals surface area contributed by atoms with Gasteiger partial charge >= 0.3 is 13.2 Å². The summed E-state index contributed by atoms with van der Waals surface area (Å²) in [5.41, 5.74) is 0.203. The van der Waals surface area contributed by atoms with Crippen molar-refractivity contribution in [2.75, 3.05) is 0 Å². The fourth-order valence-electron chi connectivity index (χ4n) is 2.73. The average molecular weight is 419 g/mol. The number of carbonyl (C=O) groups is 2. The lowest BCUT2D eigenvalue weighted by atomic mass is 9.77. The van der Waals surface area contributed by atoms with Gasteiger partial charge in [-0.3, -0.25) is 4.79 Å². The molecule has 0 aromatic heterocycles. The van der Waals surface area contributed by atoms with Gasteiger partial charge in [0.25, 0.3) is 0 Å². The van der Waals surface area contributed by atoms with E-state index in [1.54, 1.807) is 33.8 Å². The third kappa shape index (κ3) is 6.08. The van der Waals surface area contributed by atoms with Crippen LogP contribution in [0.1, 0.15) is 82.6 Å². The van der Waals surface area contributed by atoms with Gasteiger partial charge in [0.05, 0.1) is 16.9 Å². The first-order chi connectivity index (χ1) is 13.6. The second-order valence-electron chi connectivity index (χ2n) is 9.44. The highest BCUT2D eigenvalue weighted by Crippen LogP contribution is 2.39. The van der Waals surface area contributed by atoms with E-state index in [2.05, 4.69) is 0 Å². The Balaban J connectivity index is 3.49. The van der Waals surface area contributed by atoms with Gasteiger partial charge in [0.1, 0.15) is 5.60 Å². The maximum Gasteiger partial charge on any atom is 0.494 e. The second kappa shape index (κ2) is 9.52. The first-order valence-electron chi connectivity index (χ1n) is 10.5. The molecule has 2 amide bonds. The SMILES string of the molecule is C\C=C(/C=C(\C(C)=C/C)N(C(=O)CC)C(=O)OC(C)(C)C)B1OC(C)(C)C(C)(C)O1. The van der Waals surface area contributed by atoms with Gasteiger partial charge in [-0.2, -0.15) is 0 Å². The maximum atomic E-state index is 13.0. The lowest BCUT2D eigenvalue weighted by molar-refractivity contribution is -0.128. The number of ether oxygens (including phenoxy) is 1. The van der Waals surface area contributed by atoms with E-state index in [-0.39, 0.29) is 12.3 Å². The highest BCUT2D eigenvalue weighted by atomic mass is 16.7. The predicted octanol–water partition coefficient (Wildman–Crippen LogP) is 5.59. The Morgan fingerprint density at radius 2 is 1.53 bits per heavy atom. The van der Waals surface area contributed by atoms with E-state index in [0.717, 1.165) is 15.9 Å². The summed E-state index contributed by atoms with van der Waals surface area (Å²) in [4.78, 5) is 26.8. The topological polar surface area (TPSA) is 65.1 Å². The highest BCUT2D eigenvalue weighted by molar-refractivity contribution is 6.55. The van der Waals surface area contributed by atoms with Crippen molar-refractivity contribution < 1.29 is 23.6 Å². The molecule has 0 aromatic rings. The number of rotatable bonds is 5. The Morgan fingerprint density at radius 3 is 1.90 bits per heavy atom. The van der Waals surface area contributed by atoms with Crippen molar-refractivity contribution in [2.45, 2.75) is 99.4 Å². The van der Waals surface area contributed by atoms with E-state index in [0.29, 0.717) is 5.70 Å². The molecule has 0 bridgehead atoms. The molecule has 7 heteroatoms. The second-order valence-corrected chi connectivity index (χ2v) is 9.44. The highest BCUT2D eigenvalue weighted by Gasteiger charge is 2.52. The monoisotopic (exact) mass is 419 g/mol. The molecule has 0 saturated carbocycles. The van der Waals surface area contributed by atoms with Crippen LogP contribution in [0.2, 0.25) is 0 Å². The number of carbonyl (C=O) groups excluding carboxylic acids is 2. The number of hydrogen-bond donors (Lipinski definition) is 0. The average Bonchev–Trinajstić information content (AvgIpc) is 2.82. The van der Waals surface area contributed by atoms with Gasteiger partial charge in [0.2, 0.25) is 5.91 Å². The summed E-state index contributed by atoms with van der Waals surface area (Å²) in [6, 6.07) is 0. The molecule has 1 aliphatic rings. The third-order valence-corrected chi connectivity index (χ3v) is 5.37. The molecule has 0 aliphatic carbocycles. The van der Waals surface area contributed by atoms with Crippen molar-refractivity contribution in [2.24, 2.45) is 0 Å². The fraction of sp³-hybridized carbons (Fsp3) is 0.652. The van der Waals surface area contributed by atoms with Crippen LogP contribution >= 0.6 is 0 Å². The van der Waals surface area contributed by atoms with Crippen molar-refractivity contribution in [1.29, 1.82) is 0 Å². The largest absolute Gasteiger partial charge is 0.494 e. The minimum absolute atomic E-state index is 0.162. The summed E-state index contributed by atoms with van der Waals surface area (Å²) in [5.74, 6) is -0.346. The number of nitrogens with zero attached hydrogens (tertiary/aromatic N) is 1. The van der Waals surface area contributed by atoms with E-state index in [4.69, 9.17) is 14.0 Å². The molecule has 0 unspecified atom stereocenters. The van der Waals surface area contributed by atoms with Crippen LogP contribution in [0.4, 0.5) is 4.79 Å². The van der Waals surface area contributed by atoms with Crippen molar-refractivity contribution in [3.8, 4) is 0 Å². The minimum atomic E-state index is -0.729. The molecule has 1 aliphatic heterocycles. The molecule has 1 fully saturated rings. The van der Waals surface area contributed by atoms with Crippen molar-refractivity contribution in [1.82, 2.24) is 4.90 Å². The standard InChI is InChI=1S/C23H38BNO5/c1-12-16(4)18(25(19(26)14-3)20(27)28-21(5,6)7)15-17(13-2)24-29-22(8,9)23(10,11)30-24/h12-13,15H,14H2,1-11H3/b16-12-,17-13+,18-15+. The molecule has 6 nitrogen and oxygen atoms in total. The molecule has 168 valence electrons. The minimum Gasteiger partial charge on any atom is -0.443 e. The predicted molar refractivity (Wildman–Crippen MR) is 121 cm³/mol. The normalized spacial score (nSPS) is 19.7. The van der Waals surface area contributed by atoms with Gasteiger partial charge in [-0.15, -0.1) is 0 Å². The zero-order chi connectivity index (χ0) is 23.5. The summed E-state index contributed by atoms with van der Waals surface area (Å²) >= 11 is 0. The van der Waals surface area contributed by atoms with Crippen molar-refractivity contribution in [3.05, 3.63) is 35.0 Å². The maximum absolute atomic E-state index is 13.0. The molecule has 30 heavy (non-hydrogen) atoms. The summed E-state index contributed by atoms with van der Waals surface area (Å²) in [7, 11) is -0.614. The van der Waals surface area contributed by atoms with Gasteiger partial charge in [-0.25, -0.2) is 9.69 Å². The lowest BCUT2D eigenvalue weighted by Crippen LogP contribution is -2.41. The van der Waals surface area contributed by atoms with Crippen LogP contribution < -0.4 is 0 Å². The summed E-state index contributed by atoms with van der Waals surface area (Å²) in [5, 5.41) is 0. The van der Waals surface area contributed by atoms with Crippen LogP contribution in [0.15, 0.2) is 35.0 Å². The Morgan fingerprint density at radius 1 is 1.03 bits per heavy atom. The zero-order valence-electron chi connectivity index (χ0n) is 20.5. The van der Waals surface area contributed by atoms with Gasteiger partial charge in [0, 0.05) is 6.42 Å². The molecule has 0 radical (unpaired) electrons. The number of amides is 2. The van der Waals surface area contributed by atoms with E-state index in [9.17, 15) is 9.59 Å². The molecule has 1 heterocycles. The van der Waals surface area contributed by atoms with E-state index >= 15 is 0 Å². The molecule has 0 atom stereocenters. The number of hydrogen-bond acceptors (Lipinski definition) is 5. The number of imide groups is 1. The van der Waals surface area contributed by atoms with E-state index < -0.39 is 30.0 Å². The Kier molecular flexibility index (Phi) is 8.31. The Bertz CT molecular complexity index is 740. The smallest absolute Gasteiger partial charge is 0.443 e. The summed E-state index contributed by atoms with van der Waals surface area (Å²) < 4.78 is 17.9. The van der Waals surface area contributed by atoms with Crippen LogP contribution in [0.5, 0.6) is 0 Å². The van der Waals surface area contributed by atoms with Gasteiger partial charge < -0.3 is 14.0 Å². The summed E-state index contributed by atoms with van der Waals surface area (Å²) in [6.07, 6.45) is 4.95. The molecule has 1 rings (SSSR count). The van der Waals surface area contributed by atoms with Crippen molar-refractivity contribution >= 4 is 19.1 Å². The Labute approximate surface area is 182 Å². The van der Waals surface area contributed by atoms with Crippen LogP contribution in [0, 0.1) is 0 Å². The molecule has 0 aromatic carbocycles. The first kappa shape index (κ1) is 26.2. The van der Waals surface area contributed by atoms with E-state index in [1.165, 1.54) is 0 Å². The quantitative estimate of drug-likeness (QED) is 0.430. The van der Waals surface area contributed by atoms with Crippen LogP contribution in [0.3, 0.4) is 0 Å². The Hall–Kier alpha value is -1.86. The lowest BCUT2D eigenvalue weighted by Gasteiger charge is -2.32. The van der Waals surface area contributed by atoms with Gasteiger partial charge in [-0.1, -0.05) is 19.1 Å². The van der Waals surface area contributed by atoms with E-state index in [1.807, 2.05) is 60.6 Å². The van der Waals surface area contributed by atoms with Gasteiger partial charge in [-0.05, 0) is 86.4 Å². The van der Waals surface area contributed by atoms with Gasteiger partial charge in [0.15, 0.2) is 0 Å². The van der Waals surface area contributed by atoms with Crippen LogP contribution in [-0.2, 0) is 18.8 Å². The van der Waals surface area contributed by atoms with Crippen molar-refractivity contribution in [3.63, 3.8) is 0 Å². The van der Waals surface area contributed by atoms with Crippen LogP contribution in [0.25, 0.3) is 0 Å². The fourth-order valence-corrected chi connectivity index (χ4v) is 2.73. The van der Waals surface area contributed by atoms with Crippen LogP contribution in [-0.4, -0.2) is 40.8 Å². The first-order valence-corrected chi connectivity index (χ1v) is 10.5. The molecule has 0 N–H and O–H groups in total. The zero-order valence-corrected chi connectivity index (χ0v) is 20.5. The third-order valence-electron chi connectivity index (χ3n) is 5.37. The molecule has 0 spiro atoms. The summed E-state index contributed by atoms with van der Waals surface area (Å²) in [6.45, 7) is 20.5.